The van der Waals surface area contributed by atoms with Crippen molar-refractivity contribution >= 4 is 44.9 Å². The Morgan fingerprint density at radius 1 is 1.28 bits per heavy atom. The Hall–Kier alpha value is -2.73. The second-order valence-electron chi connectivity index (χ2n) is 6.96. The molecule has 0 bridgehead atoms. The maximum Gasteiger partial charge on any atom is 0.274 e. The number of hydrogen-bond donors (Lipinski definition) is 1. The van der Waals surface area contributed by atoms with Crippen LogP contribution in [0.25, 0.3) is 32.4 Å². The molecule has 1 fully saturated rings. The molecule has 0 amide bonds. The van der Waals surface area contributed by atoms with Gasteiger partial charge in [-0.2, -0.15) is 10.4 Å². The number of piperidine rings is 1. The van der Waals surface area contributed by atoms with Crippen molar-refractivity contribution in [2.24, 2.45) is 7.05 Å². The predicted molar refractivity (Wildman–Crippen MR) is 116 cm³/mol. The Bertz CT molecular complexity index is 1220. The minimum atomic E-state index is 0. The molecule has 1 N–H and O–H groups in total. The Labute approximate surface area is 177 Å². The highest BCUT2D eigenvalue weighted by molar-refractivity contribution is 7.20. The average Bonchev–Trinajstić information content (AvgIpc) is 3.28. The fraction of sp³-hybridized carbons (Fsp3) is 0.300. The number of nitrogens with zero attached hydrogens (tertiary/aromatic N) is 5. The summed E-state index contributed by atoms with van der Waals surface area (Å²) in [6.45, 7) is 1.97. The lowest BCUT2D eigenvalue weighted by Gasteiger charge is -2.22. The van der Waals surface area contributed by atoms with Crippen LogP contribution >= 0.6 is 23.7 Å². The molecule has 4 aromatic rings. The van der Waals surface area contributed by atoms with E-state index < -0.39 is 0 Å². The number of nitriles is 1. The first-order valence-electron chi connectivity index (χ1n) is 9.21. The molecule has 1 aliphatic heterocycles. The Morgan fingerprint density at radius 3 is 2.90 bits per heavy atom. The van der Waals surface area contributed by atoms with E-state index >= 15 is 0 Å². The van der Waals surface area contributed by atoms with Gasteiger partial charge in [0.25, 0.3) is 5.19 Å². The third-order valence-electron chi connectivity index (χ3n) is 4.95. The molecule has 1 aromatic carbocycles. The van der Waals surface area contributed by atoms with Crippen molar-refractivity contribution in [3.05, 3.63) is 36.2 Å². The number of fused-ring (bicyclic) bond motifs is 2. The minimum Gasteiger partial charge on any atom is -0.467 e. The molecule has 3 aromatic heterocycles. The Balaban J connectivity index is 0.00000205. The standard InChI is InChI=1S/C20H18N6OS.ClH/c1-26-11-14-7-12(6-13(9-21)19(14)25-26)16-8-18-17(10-23-16)24-20(28-18)27-15-2-4-22-5-3-15;/h6-8,10-11,15,22H,2-5H2,1H3;1H. The normalized spacial score (nSPS) is 14.6. The van der Waals surface area contributed by atoms with Crippen molar-refractivity contribution in [3.63, 3.8) is 0 Å². The van der Waals surface area contributed by atoms with Crippen LogP contribution in [0, 0.1) is 11.3 Å². The molecule has 9 heteroatoms. The van der Waals surface area contributed by atoms with Crippen molar-refractivity contribution < 1.29 is 4.74 Å². The maximum atomic E-state index is 9.50. The van der Waals surface area contributed by atoms with Crippen molar-refractivity contribution in [1.82, 2.24) is 25.1 Å². The maximum absolute atomic E-state index is 9.50. The molecule has 0 aliphatic carbocycles. The van der Waals surface area contributed by atoms with Gasteiger partial charge in [0.05, 0.1) is 22.2 Å². The van der Waals surface area contributed by atoms with E-state index in [1.807, 2.05) is 31.4 Å². The van der Waals surface area contributed by atoms with Crippen LogP contribution in [0.5, 0.6) is 5.19 Å². The van der Waals surface area contributed by atoms with Crippen LogP contribution in [-0.2, 0) is 7.05 Å². The third-order valence-corrected chi connectivity index (χ3v) is 5.86. The Kier molecular flexibility index (Phi) is 5.37. The van der Waals surface area contributed by atoms with Gasteiger partial charge in [-0.1, -0.05) is 11.3 Å². The van der Waals surface area contributed by atoms with E-state index in [-0.39, 0.29) is 18.5 Å². The van der Waals surface area contributed by atoms with E-state index in [9.17, 15) is 5.26 Å². The first kappa shape index (κ1) is 19.6. The van der Waals surface area contributed by atoms with Crippen LogP contribution in [0.3, 0.4) is 0 Å². The summed E-state index contributed by atoms with van der Waals surface area (Å²) in [5, 5.41) is 18.8. The fourth-order valence-electron chi connectivity index (χ4n) is 3.56. The summed E-state index contributed by atoms with van der Waals surface area (Å²) in [6.07, 6.45) is 5.91. The smallest absolute Gasteiger partial charge is 0.274 e. The highest BCUT2D eigenvalue weighted by atomic mass is 35.5. The summed E-state index contributed by atoms with van der Waals surface area (Å²) in [7, 11) is 1.85. The summed E-state index contributed by atoms with van der Waals surface area (Å²) in [5.74, 6) is 0. The second kappa shape index (κ2) is 7.95. The number of ether oxygens (including phenoxy) is 1. The number of aryl methyl sites for hydroxylation is 1. The molecule has 0 spiro atoms. The molecule has 5 rings (SSSR count). The van der Waals surface area contributed by atoms with Crippen LogP contribution < -0.4 is 10.1 Å². The zero-order chi connectivity index (χ0) is 19.1. The van der Waals surface area contributed by atoms with Gasteiger partial charge in [-0.15, -0.1) is 12.4 Å². The van der Waals surface area contributed by atoms with Gasteiger partial charge in [0.2, 0.25) is 0 Å². The minimum absolute atomic E-state index is 0. The number of pyridine rings is 1. The molecular formula is C20H19ClN6OS. The second-order valence-corrected chi connectivity index (χ2v) is 7.95. The van der Waals surface area contributed by atoms with Crippen molar-refractivity contribution in [1.29, 1.82) is 5.26 Å². The van der Waals surface area contributed by atoms with Gasteiger partial charge < -0.3 is 10.1 Å². The highest BCUT2D eigenvalue weighted by Crippen LogP contribution is 2.33. The summed E-state index contributed by atoms with van der Waals surface area (Å²) < 4.78 is 8.82. The molecular weight excluding hydrogens is 408 g/mol. The number of benzene rings is 1. The first-order chi connectivity index (χ1) is 13.7. The molecule has 1 aliphatic rings. The molecule has 0 atom stereocenters. The van der Waals surface area contributed by atoms with Crippen LogP contribution in [0.1, 0.15) is 18.4 Å². The molecule has 29 heavy (non-hydrogen) atoms. The summed E-state index contributed by atoms with van der Waals surface area (Å²) in [6, 6.07) is 8.12. The van der Waals surface area contributed by atoms with Gasteiger partial charge in [-0.3, -0.25) is 9.67 Å². The number of rotatable bonds is 3. The summed E-state index contributed by atoms with van der Waals surface area (Å²) >= 11 is 1.54. The summed E-state index contributed by atoms with van der Waals surface area (Å²) in [4.78, 5) is 9.14. The Morgan fingerprint density at radius 2 is 2.10 bits per heavy atom. The van der Waals surface area contributed by atoms with Gasteiger partial charge in [0.15, 0.2) is 0 Å². The summed E-state index contributed by atoms with van der Waals surface area (Å²) in [5.41, 5.74) is 3.81. The zero-order valence-electron chi connectivity index (χ0n) is 15.8. The van der Waals surface area contributed by atoms with Crippen molar-refractivity contribution in [3.8, 4) is 22.5 Å². The molecule has 0 radical (unpaired) electrons. The van der Waals surface area contributed by atoms with E-state index in [0.717, 1.165) is 52.8 Å². The van der Waals surface area contributed by atoms with Gasteiger partial charge in [0, 0.05) is 24.2 Å². The zero-order valence-corrected chi connectivity index (χ0v) is 17.4. The number of hydrogen-bond acceptors (Lipinski definition) is 7. The highest BCUT2D eigenvalue weighted by Gasteiger charge is 2.17. The lowest BCUT2D eigenvalue weighted by molar-refractivity contribution is 0.162. The van der Waals surface area contributed by atoms with Gasteiger partial charge in [-0.25, -0.2) is 4.98 Å². The van der Waals surface area contributed by atoms with Crippen LogP contribution in [0.15, 0.2) is 30.6 Å². The quantitative estimate of drug-likeness (QED) is 0.537. The number of aromatic nitrogens is 4. The lowest BCUT2D eigenvalue weighted by Crippen LogP contribution is -2.34. The number of thiazole rings is 1. The van der Waals surface area contributed by atoms with E-state index in [0.29, 0.717) is 16.3 Å². The van der Waals surface area contributed by atoms with E-state index in [2.05, 4.69) is 26.5 Å². The largest absolute Gasteiger partial charge is 0.467 e. The van der Waals surface area contributed by atoms with E-state index in [4.69, 9.17) is 4.74 Å². The third kappa shape index (κ3) is 3.77. The SMILES string of the molecule is Cl.Cn1cc2cc(-c3cc4sc(OC5CCNCC5)nc4cn3)cc(C#N)c2n1. The predicted octanol–water partition coefficient (Wildman–Crippen LogP) is 3.67. The van der Waals surface area contributed by atoms with Crippen molar-refractivity contribution in [2.45, 2.75) is 18.9 Å². The van der Waals surface area contributed by atoms with Gasteiger partial charge in [0.1, 0.15) is 23.2 Å². The number of nitrogens with one attached hydrogen (secondary N) is 1. The van der Waals surface area contributed by atoms with E-state index in [1.54, 1.807) is 22.2 Å². The lowest BCUT2D eigenvalue weighted by atomic mass is 10.0. The molecule has 1 saturated heterocycles. The van der Waals surface area contributed by atoms with Crippen LogP contribution in [0.2, 0.25) is 0 Å². The molecule has 0 unspecified atom stereocenters. The molecule has 0 saturated carbocycles. The monoisotopic (exact) mass is 426 g/mol. The molecule has 7 nitrogen and oxygen atoms in total. The van der Waals surface area contributed by atoms with E-state index in [1.165, 1.54) is 0 Å². The first-order valence-corrected chi connectivity index (χ1v) is 10.0. The van der Waals surface area contributed by atoms with Crippen LogP contribution in [0.4, 0.5) is 0 Å². The van der Waals surface area contributed by atoms with Gasteiger partial charge in [-0.05, 0) is 44.1 Å². The average molecular weight is 427 g/mol. The van der Waals surface area contributed by atoms with Crippen molar-refractivity contribution in [2.75, 3.05) is 13.1 Å². The van der Waals surface area contributed by atoms with Crippen LogP contribution in [-0.4, -0.2) is 38.9 Å². The molecule has 4 heterocycles. The fourth-order valence-corrected chi connectivity index (χ4v) is 4.45. The molecule has 148 valence electrons. The number of halogens is 1. The topological polar surface area (TPSA) is 88.6 Å². The van der Waals surface area contributed by atoms with Gasteiger partial charge >= 0.3 is 0 Å².